The van der Waals surface area contributed by atoms with E-state index in [0.29, 0.717) is 17.0 Å². The maximum Gasteiger partial charge on any atom is 0.256 e. The third-order valence-corrected chi connectivity index (χ3v) is 5.14. The van der Waals surface area contributed by atoms with Gasteiger partial charge in [-0.15, -0.1) is 0 Å². The first kappa shape index (κ1) is 17.9. The Balaban J connectivity index is 1.53. The fraction of sp³-hybridized carbons (Fsp3) is 0.0400. The van der Waals surface area contributed by atoms with Gasteiger partial charge in [-0.3, -0.25) is 4.79 Å². The van der Waals surface area contributed by atoms with Crippen LogP contribution in [0.2, 0.25) is 0 Å². The minimum absolute atomic E-state index is 0.183. The van der Waals surface area contributed by atoms with Gasteiger partial charge in [0.1, 0.15) is 11.4 Å². The van der Waals surface area contributed by atoms with Crippen LogP contribution >= 0.6 is 0 Å². The second kappa shape index (κ2) is 7.37. The summed E-state index contributed by atoms with van der Waals surface area (Å²) in [7, 11) is 1.59. The molecule has 0 unspecified atom stereocenters. The minimum atomic E-state index is -0.183. The molecule has 2 aromatic heterocycles. The first-order valence-corrected chi connectivity index (χ1v) is 9.64. The lowest BCUT2D eigenvalue weighted by Gasteiger charge is -2.13. The van der Waals surface area contributed by atoms with Gasteiger partial charge in [-0.2, -0.15) is 0 Å². The van der Waals surface area contributed by atoms with Gasteiger partial charge >= 0.3 is 0 Å². The van der Waals surface area contributed by atoms with Crippen LogP contribution in [0.25, 0.3) is 27.7 Å². The largest absolute Gasteiger partial charge is 0.495 e. The van der Waals surface area contributed by atoms with Gasteiger partial charge in [-0.25, -0.2) is 4.98 Å². The van der Waals surface area contributed by atoms with E-state index in [2.05, 4.69) is 10.3 Å². The molecule has 5 nitrogen and oxygen atoms in total. The molecule has 0 radical (unpaired) electrons. The van der Waals surface area contributed by atoms with Crippen LogP contribution < -0.4 is 10.1 Å². The van der Waals surface area contributed by atoms with Gasteiger partial charge in [-0.1, -0.05) is 42.5 Å². The highest BCUT2D eigenvalue weighted by Gasteiger charge is 2.14. The van der Waals surface area contributed by atoms with Crippen LogP contribution in [-0.4, -0.2) is 22.4 Å². The number of nitrogens with zero attached hydrogens (tertiary/aromatic N) is 2. The van der Waals surface area contributed by atoms with Crippen molar-refractivity contribution >= 4 is 28.0 Å². The van der Waals surface area contributed by atoms with Gasteiger partial charge in [0.15, 0.2) is 0 Å². The molecule has 30 heavy (non-hydrogen) atoms. The SMILES string of the molecule is COc1ccc(-c2cn3ccccc3n2)cc1NC(=O)c1cccc2ccccc12. The van der Waals surface area contributed by atoms with Gasteiger partial charge in [0.25, 0.3) is 5.91 Å². The molecule has 5 aromatic rings. The number of ether oxygens (including phenoxy) is 1. The second-order valence-electron chi connectivity index (χ2n) is 6.99. The average Bonchev–Trinajstić information content (AvgIpc) is 3.23. The van der Waals surface area contributed by atoms with Gasteiger partial charge in [0.2, 0.25) is 0 Å². The van der Waals surface area contributed by atoms with Crippen LogP contribution in [0, 0.1) is 0 Å². The van der Waals surface area contributed by atoms with Crippen molar-refractivity contribution in [3.05, 3.63) is 96.8 Å². The number of imidazole rings is 1. The summed E-state index contributed by atoms with van der Waals surface area (Å²) in [6, 6.07) is 25.1. The van der Waals surface area contributed by atoms with Crippen LogP contribution in [0.1, 0.15) is 10.4 Å². The molecule has 5 heteroatoms. The Hall–Kier alpha value is -4.12. The van der Waals surface area contributed by atoms with E-state index in [1.807, 2.05) is 95.7 Å². The Morgan fingerprint density at radius 3 is 2.67 bits per heavy atom. The Bertz CT molecular complexity index is 1350. The molecule has 2 heterocycles. The molecule has 0 aliphatic rings. The summed E-state index contributed by atoms with van der Waals surface area (Å²) in [5.41, 5.74) is 3.81. The van der Waals surface area contributed by atoms with Gasteiger partial charge < -0.3 is 14.5 Å². The predicted molar refractivity (Wildman–Crippen MR) is 119 cm³/mol. The molecule has 0 aliphatic carbocycles. The summed E-state index contributed by atoms with van der Waals surface area (Å²) in [6.45, 7) is 0. The maximum absolute atomic E-state index is 13.1. The van der Waals surface area contributed by atoms with Crippen LogP contribution in [0.15, 0.2) is 91.3 Å². The van der Waals surface area contributed by atoms with Crippen molar-refractivity contribution in [3.63, 3.8) is 0 Å². The quantitative estimate of drug-likeness (QED) is 0.444. The molecule has 146 valence electrons. The topological polar surface area (TPSA) is 55.6 Å². The Kier molecular flexibility index (Phi) is 4.41. The number of anilines is 1. The lowest BCUT2D eigenvalue weighted by molar-refractivity contribution is 0.102. The van der Waals surface area contributed by atoms with E-state index in [9.17, 15) is 4.79 Å². The summed E-state index contributed by atoms with van der Waals surface area (Å²) in [5.74, 6) is 0.411. The molecule has 0 aliphatic heterocycles. The Morgan fingerprint density at radius 1 is 0.967 bits per heavy atom. The van der Waals surface area contributed by atoms with Gasteiger partial charge in [-0.05, 0) is 47.2 Å². The fourth-order valence-electron chi connectivity index (χ4n) is 3.65. The standard InChI is InChI=1S/C25H19N3O2/c1-30-23-13-12-18(22-16-28-14-5-4-11-24(28)26-22)15-21(23)27-25(29)20-10-6-8-17-7-2-3-9-19(17)20/h2-16H,1H3,(H,27,29). The van der Waals surface area contributed by atoms with E-state index in [0.717, 1.165) is 27.7 Å². The first-order valence-electron chi connectivity index (χ1n) is 9.64. The number of carbonyl (C=O) groups excluding carboxylic acids is 1. The van der Waals surface area contributed by atoms with Crippen molar-refractivity contribution in [1.29, 1.82) is 0 Å². The van der Waals surface area contributed by atoms with Crippen molar-refractivity contribution in [2.75, 3.05) is 12.4 Å². The Labute approximate surface area is 173 Å². The number of hydrogen-bond acceptors (Lipinski definition) is 3. The highest BCUT2D eigenvalue weighted by atomic mass is 16.5. The predicted octanol–water partition coefficient (Wildman–Crippen LogP) is 5.42. The average molecular weight is 393 g/mol. The molecule has 1 N–H and O–H groups in total. The summed E-state index contributed by atoms with van der Waals surface area (Å²) in [4.78, 5) is 17.8. The third-order valence-electron chi connectivity index (χ3n) is 5.14. The second-order valence-corrected chi connectivity index (χ2v) is 6.99. The number of fused-ring (bicyclic) bond motifs is 2. The van der Waals surface area contributed by atoms with Crippen LogP contribution in [-0.2, 0) is 0 Å². The number of aromatic nitrogens is 2. The van der Waals surface area contributed by atoms with E-state index in [4.69, 9.17) is 4.74 Å². The minimum Gasteiger partial charge on any atom is -0.495 e. The first-order chi connectivity index (χ1) is 14.7. The third kappa shape index (κ3) is 3.16. The van der Waals surface area contributed by atoms with Gasteiger partial charge in [0.05, 0.1) is 18.5 Å². The molecular formula is C25H19N3O2. The molecule has 1 amide bonds. The number of rotatable bonds is 4. The zero-order valence-corrected chi connectivity index (χ0v) is 16.4. The number of amides is 1. The molecule has 3 aromatic carbocycles. The smallest absolute Gasteiger partial charge is 0.256 e. The van der Waals surface area contributed by atoms with Crippen molar-refractivity contribution in [2.24, 2.45) is 0 Å². The van der Waals surface area contributed by atoms with Crippen molar-refractivity contribution in [3.8, 4) is 17.0 Å². The maximum atomic E-state index is 13.1. The molecule has 0 spiro atoms. The van der Waals surface area contributed by atoms with Crippen LogP contribution in [0.5, 0.6) is 5.75 Å². The molecule has 0 fully saturated rings. The zero-order valence-electron chi connectivity index (χ0n) is 16.4. The van der Waals surface area contributed by atoms with Crippen LogP contribution in [0.4, 0.5) is 5.69 Å². The summed E-state index contributed by atoms with van der Waals surface area (Å²) < 4.78 is 7.45. The van der Waals surface area contributed by atoms with E-state index >= 15 is 0 Å². The zero-order chi connectivity index (χ0) is 20.5. The number of hydrogen-bond donors (Lipinski definition) is 1. The summed E-state index contributed by atoms with van der Waals surface area (Å²) >= 11 is 0. The summed E-state index contributed by atoms with van der Waals surface area (Å²) in [5, 5.41) is 4.95. The van der Waals surface area contributed by atoms with Crippen molar-refractivity contribution in [2.45, 2.75) is 0 Å². The number of methoxy groups -OCH3 is 1. The molecule has 0 bridgehead atoms. The highest BCUT2D eigenvalue weighted by Crippen LogP contribution is 2.31. The highest BCUT2D eigenvalue weighted by molar-refractivity contribution is 6.13. The van der Waals surface area contributed by atoms with Crippen molar-refractivity contribution < 1.29 is 9.53 Å². The molecule has 5 rings (SSSR count). The summed E-state index contributed by atoms with van der Waals surface area (Å²) in [6.07, 6.45) is 3.92. The van der Waals surface area contributed by atoms with E-state index < -0.39 is 0 Å². The van der Waals surface area contributed by atoms with Crippen LogP contribution in [0.3, 0.4) is 0 Å². The molecular weight excluding hydrogens is 374 g/mol. The number of carbonyl (C=O) groups is 1. The normalized spacial score (nSPS) is 11.0. The number of pyridine rings is 1. The van der Waals surface area contributed by atoms with E-state index in [1.54, 1.807) is 7.11 Å². The van der Waals surface area contributed by atoms with E-state index in [1.165, 1.54) is 0 Å². The number of benzene rings is 3. The molecule has 0 saturated heterocycles. The Morgan fingerprint density at radius 2 is 1.80 bits per heavy atom. The van der Waals surface area contributed by atoms with Gasteiger partial charge in [0, 0.05) is 23.5 Å². The number of nitrogens with one attached hydrogen (secondary N) is 1. The monoisotopic (exact) mass is 393 g/mol. The van der Waals surface area contributed by atoms with Crippen molar-refractivity contribution in [1.82, 2.24) is 9.38 Å². The molecule has 0 saturated carbocycles. The molecule has 0 atom stereocenters. The lowest BCUT2D eigenvalue weighted by atomic mass is 10.0. The fourth-order valence-corrected chi connectivity index (χ4v) is 3.65. The lowest BCUT2D eigenvalue weighted by Crippen LogP contribution is -2.13. The van der Waals surface area contributed by atoms with E-state index in [-0.39, 0.29) is 5.91 Å².